The number of amidine groups is 1. The Morgan fingerprint density at radius 1 is 1.33 bits per heavy atom. The van der Waals surface area contributed by atoms with Gasteiger partial charge in [-0.25, -0.2) is 14.2 Å². The number of halogens is 1. The highest BCUT2D eigenvalue weighted by molar-refractivity contribution is 8.14. The largest absolute Gasteiger partial charge is 0.346 e. The fourth-order valence-corrected chi connectivity index (χ4v) is 2.22. The molecule has 0 aliphatic heterocycles. The van der Waals surface area contributed by atoms with Gasteiger partial charge in [-0.05, 0) is 39.0 Å². The topological polar surface area (TPSA) is 83.2 Å². The van der Waals surface area contributed by atoms with Crippen LogP contribution in [0.15, 0.2) is 33.2 Å². The highest BCUT2D eigenvalue weighted by Gasteiger charge is 2.10. The van der Waals surface area contributed by atoms with Crippen molar-refractivity contribution in [1.82, 2.24) is 0 Å². The molecule has 6 nitrogen and oxygen atoms in total. The van der Waals surface area contributed by atoms with Gasteiger partial charge in [-0.15, -0.1) is 11.8 Å². The van der Waals surface area contributed by atoms with Crippen molar-refractivity contribution in [2.24, 2.45) is 15.0 Å². The first kappa shape index (κ1) is 19.7. The highest BCUT2D eigenvalue weighted by atomic mass is 32.2. The number of ketones is 1. The Hall–Kier alpha value is -2.35. The number of aliphatic imine (C=N–C) groups is 3. The summed E-state index contributed by atoms with van der Waals surface area (Å²) in [6.07, 6.45) is 1.56. The van der Waals surface area contributed by atoms with Crippen LogP contribution in [0.25, 0.3) is 0 Å². The van der Waals surface area contributed by atoms with E-state index in [4.69, 9.17) is 0 Å². The van der Waals surface area contributed by atoms with Gasteiger partial charge < -0.3 is 5.32 Å². The van der Waals surface area contributed by atoms with Crippen molar-refractivity contribution < 1.29 is 14.0 Å². The summed E-state index contributed by atoms with van der Waals surface area (Å²) >= 11 is 1.16. The number of anilines is 1. The smallest absolute Gasteiger partial charge is 0.303 e. The second-order valence-electron chi connectivity index (χ2n) is 4.68. The monoisotopic (exact) mass is 350 g/mol. The first-order valence-electron chi connectivity index (χ1n) is 7.11. The van der Waals surface area contributed by atoms with Crippen LogP contribution in [0.5, 0.6) is 0 Å². The van der Waals surface area contributed by atoms with Crippen LogP contribution in [0, 0.1) is 5.82 Å². The highest BCUT2D eigenvalue weighted by Crippen LogP contribution is 2.17. The van der Waals surface area contributed by atoms with Gasteiger partial charge in [-0.3, -0.25) is 9.79 Å². The molecule has 0 radical (unpaired) electrons. The molecular weight excluding hydrogens is 331 g/mol. The van der Waals surface area contributed by atoms with Crippen molar-refractivity contribution >= 4 is 46.4 Å². The fraction of sp³-hybridized carbons (Fsp3) is 0.312. The molecule has 2 amide bonds. The van der Waals surface area contributed by atoms with Crippen molar-refractivity contribution in [1.29, 1.82) is 0 Å². The molecule has 0 saturated carbocycles. The van der Waals surface area contributed by atoms with Crippen molar-refractivity contribution in [3.05, 3.63) is 29.6 Å². The zero-order valence-corrected chi connectivity index (χ0v) is 14.8. The normalized spacial score (nSPS) is 12.5. The van der Waals surface area contributed by atoms with Crippen LogP contribution in [0.2, 0.25) is 0 Å². The van der Waals surface area contributed by atoms with Crippen LogP contribution in [-0.4, -0.2) is 41.7 Å². The van der Waals surface area contributed by atoms with Crippen LogP contribution in [-0.2, 0) is 4.79 Å². The molecule has 0 unspecified atom stereocenters. The van der Waals surface area contributed by atoms with Gasteiger partial charge in [0.25, 0.3) is 0 Å². The lowest BCUT2D eigenvalue weighted by atomic mass is 10.2. The fourth-order valence-electron chi connectivity index (χ4n) is 1.66. The molecule has 24 heavy (non-hydrogen) atoms. The lowest BCUT2D eigenvalue weighted by Gasteiger charge is -2.06. The maximum absolute atomic E-state index is 14.1. The Labute approximate surface area is 144 Å². The molecule has 128 valence electrons. The van der Waals surface area contributed by atoms with E-state index in [2.05, 4.69) is 20.3 Å². The average molecular weight is 350 g/mol. The Balaban J connectivity index is 2.84. The number of rotatable bonds is 4. The summed E-state index contributed by atoms with van der Waals surface area (Å²) < 4.78 is 14.1. The zero-order valence-electron chi connectivity index (χ0n) is 14.0. The van der Waals surface area contributed by atoms with Gasteiger partial charge in [0.2, 0.25) is 0 Å². The molecule has 0 aromatic heterocycles. The third-order valence-corrected chi connectivity index (χ3v) is 3.74. The molecule has 0 saturated heterocycles. The minimum atomic E-state index is -0.703. The Morgan fingerprint density at radius 3 is 2.58 bits per heavy atom. The Bertz CT molecular complexity index is 714. The Kier molecular flexibility index (Phi) is 7.97. The molecule has 0 atom stereocenters. The van der Waals surface area contributed by atoms with Crippen LogP contribution < -0.4 is 5.32 Å². The average Bonchev–Trinajstić information content (AvgIpc) is 2.52. The summed E-state index contributed by atoms with van der Waals surface area (Å²) in [7, 11) is 1.56. The summed E-state index contributed by atoms with van der Waals surface area (Å²) in [5.41, 5.74) is 0.510. The van der Waals surface area contributed by atoms with E-state index >= 15 is 0 Å². The molecule has 0 aliphatic carbocycles. The second kappa shape index (κ2) is 9.71. The maximum atomic E-state index is 14.1. The maximum Gasteiger partial charge on any atom is 0.346 e. The lowest BCUT2D eigenvalue weighted by Crippen LogP contribution is -2.10. The number of carbonyl (C=O) groups excluding carboxylic acids is 2. The number of benzene rings is 1. The number of thioether (sulfide) groups is 1. The van der Waals surface area contributed by atoms with Crippen LogP contribution >= 0.6 is 11.8 Å². The molecule has 0 heterocycles. The minimum Gasteiger partial charge on any atom is -0.303 e. The summed E-state index contributed by atoms with van der Waals surface area (Å²) in [5.74, 6) is 0.00369. The molecule has 8 heteroatoms. The molecule has 0 aliphatic rings. The number of Topliss-reactive ketones (excluding diaryl/α,β-unsaturated/α-hetero) is 1. The van der Waals surface area contributed by atoms with E-state index in [9.17, 15) is 14.0 Å². The summed E-state index contributed by atoms with van der Waals surface area (Å²) in [4.78, 5) is 34.4. The standard InChI is InChI=1S/C16H19FN4O2S/c1-5-19-15(18-4)12-6-7-14(13(17)8-12)21-16(23)20-11(3)24-9-10(2)22/h5-8H,9H2,1-4H3,(H,21,23)/b18-15?,19-5?,20-11-. The number of carbonyl (C=O) groups is 2. The van der Waals surface area contributed by atoms with Crippen molar-refractivity contribution in [2.45, 2.75) is 20.8 Å². The number of hydrogen-bond donors (Lipinski definition) is 1. The molecule has 0 bridgehead atoms. The quantitative estimate of drug-likeness (QED) is 0.665. The van der Waals surface area contributed by atoms with Gasteiger partial charge in [-0.1, -0.05) is 0 Å². The molecule has 1 N–H and O–H groups in total. The summed E-state index contributed by atoms with van der Waals surface area (Å²) in [6.45, 7) is 4.80. The second-order valence-corrected chi connectivity index (χ2v) is 5.85. The van der Waals surface area contributed by atoms with E-state index in [0.717, 1.165) is 11.8 Å². The molecule has 1 rings (SSSR count). The van der Waals surface area contributed by atoms with Crippen LogP contribution in [0.3, 0.4) is 0 Å². The minimum absolute atomic E-state index is 0.00722. The predicted octanol–water partition coefficient (Wildman–Crippen LogP) is 3.57. The third-order valence-electron chi connectivity index (χ3n) is 2.68. The van der Waals surface area contributed by atoms with E-state index in [0.29, 0.717) is 16.4 Å². The number of amides is 2. The third kappa shape index (κ3) is 6.41. The number of hydrogen-bond acceptors (Lipinski definition) is 4. The number of nitrogens with zero attached hydrogens (tertiary/aromatic N) is 3. The Morgan fingerprint density at radius 2 is 2.04 bits per heavy atom. The predicted molar refractivity (Wildman–Crippen MR) is 98.3 cm³/mol. The SMILES string of the molecule is CC=NC(=NC)c1ccc(NC(=O)/N=C(/C)SCC(C)=O)c(F)c1. The van der Waals surface area contributed by atoms with E-state index in [1.165, 1.54) is 19.1 Å². The molecular formula is C16H19FN4O2S. The molecule has 0 fully saturated rings. The van der Waals surface area contributed by atoms with Gasteiger partial charge in [-0.2, -0.15) is 4.99 Å². The van der Waals surface area contributed by atoms with E-state index in [-0.39, 0.29) is 17.2 Å². The molecule has 0 spiro atoms. The molecule has 1 aromatic rings. The van der Waals surface area contributed by atoms with Gasteiger partial charge in [0.15, 0.2) is 5.84 Å². The van der Waals surface area contributed by atoms with Gasteiger partial charge >= 0.3 is 6.03 Å². The van der Waals surface area contributed by atoms with Crippen LogP contribution in [0.1, 0.15) is 26.3 Å². The van der Waals surface area contributed by atoms with E-state index in [1.54, 1.807) is 33.2 Å². The number of urea groups is 1. The van der Waals surface area contributed by atoms with Gasteiger partial charge in [0.05, 0.1) is 16.5 Å². The van der Waals surface area contributed by atoms with Crippen molar-refractivity contribution in [3.63, 3.8) is 0 Å². The summed E-state index contributed by atoms with van der Waals surface area (Å²) in [6, 6.07) is 3.57. The van der Waals surface area contributed by atoms with E-state index < -0.39 is 11.8 Å². The summed E-state index contributed by atoms with van der Waals surface area (Å²) in [5, 5.41) is 2.80. The van der Waals surface area contributed by atoms with Gasteiger partial charge in [0.1, 0.15) is 11.6 Å². The van der Waals surface area contributed by atoms with Crippen LogP contribution in [0.4, 0.5) is 14.9 Å². The van der Waals surface area contributed by atoms with Crippen molar-refractivity contribution in [2.75, 3.05) is 18.1 Å². The van der Waals surface area contributed by atoms with Crippen molar-refractivity contribution in [3.8, 4) is 0 Å². The zero-order chi connectivity index (χ0) is 18.1. The van der Waals surface area contributed by atoms with E-state index in [1.807, 2.05) is 0 Å². The first-order valence-corrected chi connectivity index (χ1v) is 8.09. The lowest BCUT2D eigenvalue weighted by molar-refractivity contribution is -0.114. The van der Waals surface area contributed by atoms with Gasteiger partial charge in [0, 0.05) is 18.8 Å². The molecule has 1 aromatic carbocycles. The number of nitrogens with one attached hydrogen (secondary N) is 1. The first-order chi connectivity index (χ1) is 11.4.